The van der Waals surface area contributed by atoms with Gasteiger partial charge in [-0.15, -0.1) is 0 Å². The molecule has 0 saturated carbocycles. The molecule has 2 atom stereocenters. The van der Waals surface area contributed by atoms with Crippen LogP contribution in [0.3, 0.4) is 0 Å². The lowest BCUT2D eigenvalue weighted by Gasteiger charge is -2.28. The topological polar surface area (TPSA) is 21.7 Å². The number of nitrogens with zero attached hydrogens (tertiary/aromatic N) is 1. The van der Waals surface area contributed by atoms with E-state index in [4.69, 9.17) is 9.47 Å². The second kappa shape index (κ2) is 33.8. The largest absolute Gasteiger partial charge is 0.347 e. The van der Waals surface area contributed by atoms with E-state index < -0.39 is 0 Å². The van der Waals surface area contributed by atoms with E-state index in [-0.39, 0.29) is 11.9 Å². The van der Waals surface area contributed by atoms with Crippen molar-refractivity contribution in [2.45, 2.75) is 186 Å². The summed E-state index contributed by atoms with van der Waals surface area (Å²) in [6.45, 7) is 6.34. The maximum Gasteiger partial charge on any atom is 0.168 e. The Balaban J connectivity index is 2.20. The maximum absolute atomic E-state index is 6.66. The van der Waals surface area contributed by atoms with Crippen molar-refractivity contribution in [1.29, 1.82) is 0 Å². The Bertz CT molecular complexity index is 866. The second-order valence-electron chi connectivity index (χ2n) is 14.2. The Kier molecular flexibility index (Phi) is 31.2. The average Bonchev–Trinajstić information content (AvgIpc) is 3.49. The zero-order chi connectivity index (χ0) is 34.6. The predicted molar refractivity (Wildman–Crippen MR) is 214 cm³/mol. The third-order valence-corrected chi connectivity index (χ3v) is 9.21. The average molecular weight is 666 g/mol. The van der Waals surface area contributed by atoms with Crippen LogP contribution in [0.5, 0.6) is 0 Å². The Labute approximate surface area is 300 Å². The van der Waals surface area contributed by atoms with Crippen molar-refractivity contribution in [2.24, 2.45) is 0 Å². The highest BCUT2D eigenvalue weighted by molar-refractivity contribution is 4.98. The molecule has 2 unspecified atom stereocenters. The minimum Gasteiger partial charge on any atom is -0.347 e. The minimum atomic E-state index is -0.344. The van der Waals surface area contributed by atoms with Crippen LogP contribution in [0.4, 0.5) is 0 Å². The summed E-state index contributed by atoms with van der Waals surface area (Å²) in [4.78, 5) is 2.25. The van der Waals surface area contributed by atoms with E-state index >= 15 is 0 Å². The van der Waals surface area contributed by atoms with Crippen molar-refractivity contribution in [3.8, 4) is 0 Å². The molecule has 1 saturated heterocycles. The number of rotatable bonds is 33. The van der Waals surface area contributed by atoms with Crippen LogP contribution in [0.2, 0.25) is 0 Å². The Morgan fingerprint density at radius 1 is 0.500 bits per heavy atom. The molecular formula is C45H79NO2. The summed E-state index contributed by atoms with van der Waals surface area (Å²) in [6.07, 6.45) is 58.4. The summed E-state index contributed by atoms with van der Waals surface area (Å²) in [5.74, 6) is -0.344. The van der Waals surface area contributed by atoms with Gasteiger partial charge in [0.15, 0.2) is 5.79 Å². The van der Waals surface area contributed by atoms with Gasteiger partial charge in [0, 0.05) is 19.4 Å². The molecule has 1 fully saturated rings. The van der Waals surface area contributed by atoms with Gasteiger partial charge in [0.05, 0.1) is 12.7 Å². The predicted octanol–water partition coefficient (Wildman–Crippen LogP) is 13.8. The van der Waals surface area contributed by atoms with Gasteiger partial charge in [-0.05, 0) is 110 Å². The van der Waals surface area contributed by atoms with Crippen molar-refractivity contribution in [3.05, 3.63) is 72.9 Å². The Morgan fingerprint density at radius 3 is 1.31 bits per heavy atom. The van der Waals surface area contributed by atoms with Crippen LogP contribution in [0, 0.1) is 0 Å². The molecule has 1 rings (SSSR count). The first kappa shape index (κ1) is 44.3. The van der Waals surface area contributed by atoms with Crippen LogP contribution in [0.1, 0.15) is 174 Å². The molecule has 3 heteroatoms. The van der Waals surface area contributed by atoms with Crippen molar-refractivity contribution in [3.63, 3.8) is 0 Å². The molecule has 3 nitrogen and oxygen atoms in total. The highest BCUT2D eigenvalue weighted by Crippen LogP contribution is 2.35. The fraction of sp³-hybridized carbons (Fsp3) is 0.733. The van der Waals surface area contributed by atoms with Crippen molar-refractivity contribution >= 4 is 0 Å². The molecule has 0 spiro atoms. The smallest absolute Gasteiger partial charge is 0.168 e. The molecule has 1 aliphatic heterocycles. The lowest BCUT2D eigenvalue weighted by atomic mass is 9.99. The number of unbranched alkanes of at least 4 members (excludes halogenated alkanes) is 14. The van der Waals surface area contributed by atoms with Gasteiger partial charge in [0.1, 0.15) is 0 Å². The molecule has 0 aromatic heterocycles. The first-order valence-electron chi connectivity index (χ1n) is 20.5. The molecular weight excluding hydrogens is 587 g/mol. The molecule has 1 heterocycles. The first-order valence-corrected chi connectivity index (χ1v) is 20.5. The van der Waals surface area contributed by atoms with E-state index in [9.17, 15) is 0 Å². The Hall–Kier alpha value is -1.68. The number of hydrogen-bond donors (Lipinski definition) is 0. The summed E-state index contributed by atoms with van der Waals surface area (Å²) in [6, 6.07) is 0. The van der Waals surface area contributed by atoms with E-state index in [0.717, 1.165) is 58.1 Å². The molecule has 0 bridgehead atoms. The van der Waals surface area contributed by atoms with Gasteiger partial charge < -0.3 is 14.4 Å². The van der Waals surface area contributed by atoms with E-state index in [1.807, 2.05) is 0 Å². The summed E-state index contributed by atoms with van der Waals surface area (Å²) >= 11 is 0. The first-order chi connectivity index (χ1) is 23.6. The highest BCUT2D eigenvalue weighted by atomic mass is 16.7. The summed E-state index contributed by atoms with van der Waals surface area (Å²) < 4.78 is 13.1. The molecule has 0 radical (unpaired) electrons. The van der Waals surface area contributed by atoms with E-state index in [0.29, 0.717) is 0 Å². The van der Waals surface area contributed by atoms with Crippen LogP contribution in [-0.2, 0) is 9.47 Å². The molecule has 276 valence electrons. The van der Waals surface area contributed by atoms with Gasteiger partial charge in [-0.25, -0.2) is 0 Å². The second-order valence-corrected chi connectivity index (χ2v) is 14.2. The number of hydrogen-bond acceptors (Lipinski definition) is 3. The monoisotopic (exact) mass is 666 g/mol. The van der Waals surface area contributed by atoms with Crippen molar-refractivity contribution < 1.29 is 9.47 Å². The lowest BCUT2D eigenvalue weighted by molar-refractivity contribution is -0.180. The summed E-state index contributed by atoms with van der Waals surface area (Å²) in [5.41, 5.74) is 0. The van der Waals surface area contributed by atoms with Crippen LogP contribution < -0.4 is 0 Å². The van der Waals surface area contributed by atoms with Crippen molar-refractivity contribution in [2.75, 3.05) is 27.2 Å². The van der Waals surface area contributed by atoms with Gasteiger partial charge in [0.2, 0.25) is 0 Å². The number of allylic oxidation sites excluding steroid dienone is 12. The van der Waals surface area contributed by atoms with Crippen LogP contribution in [0.15, 0.2) is 72.9 Å². The third-order valence-electron chi connectivity index (χ3n) is 9.21. The zero-order valence-electron chi connectivity index (χ0n) is 32.4. The zero-order valence-corrected chi connectivity index (χ0v) is 32.4. The van der Waals surface area contributed by atoms with Crippen LogP contribution in [0.25, 0.3) is 0 Å². The summed E-state index contributed by atoms with van der Waals surface area (Å²) in [7, 11) is 4.29. The van der Waals surface area contributed by atoms with Crippen LogP contribution in [-0.4, -0.2) is 44.0 Å². The van der Waals surface area contributed by atoms with E-state index in [1.54, 1.807) is 0 Å². The fourth-order valence-corrected chi connectivity index (χ4v) is 6.15. The maximum atomic E-state index is 6.66. The van der Waals surface area contributed by atoms with Gasteiger partial charge >= 0.3 is 0 Å². The quantitative estimate of drug-likeness (QED) is 0.0514. The standard InChI is InChI=1S/C45H79NO2/c1-5-7-9-11-13-15-17-19-21-23-24-26-28-30-32-34-36-38-41-45(47-43-44(48-45)39-42-46(3)4)40-37-35-33-31-29-27-25-22-20-18-16-14-12-10-8-6-2/h13-16,19-22,24,26-27,29,44H,5-12,17-18,23,25,28,30-43H2,1-4H3. The highest BCUT2D eigenvalue weighted by Gasteiger charge is 2.40. The molecule has 48 heavy (non-hydrogen) atoms. The van der Waals surface area contributed by atoms with Crippen LogP contribution >= 0.6 is 0 Å². The third kappa shape index (κ3) is 28.2. The summed E-state index contributed by atoms with van der Waals surface area (Å²) in [5, 5.41) is 0. The molecule has 0 aromatic carbocycles. The molecule has 1 aliphatic rings. The van der Waals surface area contributed by atoms with E-state index in [1.165, 1.54) is 116 Å². The lowest BCUT2D eigenvalue weighted by Crippen LogP contribution is -2.31. The van der Waals surface area contributed by atoms with Gasteiger partial charge in [-0.3, -0.25) is 0 Å². The molecule has 0 aromatic rings. The fourth-order valence-electron chi connectivity index (χ4n) is 6.15. The SMILES string of the molecule is CCCCCC=CCC=CCC=CCCCCCCCC1(CCCCCC=CCC=CCC=CCCCCC)OCC(CCN(C)C)O1. The Morgan fingerprint density at radius 2 is 0.875 bits per heavy atom. The van der Waals surface area contributed by atoms with E-state index in [2.05, 4.69) is 106 Å². The molecule has 0 N–H and O–H groups in total. The minimum absolute atomic E-state index is 0.244. The van der Waals surface area contributed by atoms with Gasteiger partial charge in [-0.2, -0.15) is 0 Å². The normalized spacial score (nSPS) is 19.1. The van der Waals surface area contributed by atoms with Gasteiger partial charge in [-0.1, -0.05) is 138 Å². The van der Waals surface area contributed by atoms with Crippen molar-refractivity contribution in [1.82, 2.24) is 4.90 Å². The molecule has 0 aliphatic carbocycles. The number of ether oxygens (including phenoxy) is 2. The molecule has 0 amide bonds. The van der Waals surface area contributed by atoms with Gasteiger partial charge in [0.25, 0.3) is 0 Å².